The Morgan fingerprint density at radius 2 is 1.92 bits per heavy atom. The molecule has 1 aromatic heterocycles. The molecule has 0 bridgehead atoms. The van der Waals surface area contributed by atoms with Gasteiger partial charge in [0.15, 0.2) is 0 Å². The Labute approximate surface area is 156 Å². The molecule has 128 valence electrons. The summed E-state index contributed by atoms with van der Waals surface area (Å²) >= 11 is 1.41. The van der Waals surface area contributed by atoms with E-state index in [1.165, 1.54) is 17.3 Å². The van der Waals surface area contributed by atoms with E-state index >= 15 is 0 Å². The number of carbonyl (C=O) groups is 1. The number of aromatic nitrogens is 1. The topological polar surface area (TPSA) is 57.8 Å². The summed E-state index contributed by atoms with van der Waals surface area (Å²) in [5, 5.41) is 14.2. The Morgan fingerprint density at radius 1 is 1.15 bits per heavy atom. The lowest BCUT2D eigenvalue weighted by Crippen LogP contribution is -2.15. The van der Waals surface area contributed by atoms with Gasteiger partial charge in [0.05, 0.1) is 22.4 Å². The normalized spacial score (nSPS) is 15.7. The van der Waals surface area contributed by atoms with Crippen molar-refractivity contribution in [1.82, 2.24) is 9.88 Å². The van der Waals surface area contributed by atoms with Gasteiger partial charge in [-0.3, -0.25) is 4.79 Å². The van der Waals surface area contributed by atoms with Crippen molar-refractivity contribution in [3.05, 3.63) is 82.5 Å². The van der Waals surface area contributed by atoms with Gasteiger partial charge in [-0.25, -0.2) is 0 Å². The molecule has 0 radical (unpaired) electrons. The van der Waals surface area contributed by atoms with Crippen molar-refractivity contribution in [3.8, 4) is 6.07 Å². The van der Waals surface area contributed by atoms with Crippen LogP contribution >= 0.6 is 11.8 Å². The Bertz CT molecular complexity index is 1040. The molecule has 2 aromatic carbocycles. The Kier molecular flexibility index (Phi) is 4.51. The molecule has 0 unspecified atom stereocenters. The zero-order valence-corrected chi connectivity index (χ0v) is 14.9. The van der Waals surface area contributed by atoms with E-state index in [4.69, 9.17) is 0 Å². The standard InChI is InChI=1S/C21H17N3OS/c22-11-16(21-23-20(25)14-26-21)10-17-13-24(12-15-6-2-1-3-7-15)19-9-5-4-8-18(17)19/h1-9,13H,10,12,14H2,(H,23,25)/b21-16+. The van der Waals surface area contributed by atoms with Crippen LogP contribution in [0.4, 0.5) is 0 Å². The first-order valence-corrected chi connectivity index (χ1v) is 9.40. The van der Waals surface area contributed by atoms with Crippen molar-refractivity contribution in [3.63, 3.8) is 0 Å². The lowest BCUT2D eigenvalue weighted by molar-refractivity contribution is -0.117. The van der Waals surface area contributed by atoms with Crippen LogP contribution in [0.15, 0.2) is 71.4 Å². The first-order chi connectivity index (χ1) is 12.7. The highest BCUT2D eigenvalue weighted by molar-refractivity contribution is 8.04. The third kappa shape index (κ3) is 3.24. The molecular weight excluding hydrogens is 342 g/mol. The summed E-state index contributed by atoms with van der Waals surface area (Å²) in [7, 11) is 0. The smallest absolute Gasteiger partial charge is 0.235 e. The number of allylic oxidation sites excluding steroid dienone is 1. The van der Waals surface area contributed by atoms with Crippen LogP contribution in [0.3, 0.4) is 0 Å². The molecule has 1 amide bonds. The number of hydrogen-bond donors (Lipinski definition) is 1. The van der Waals surface area contributed by atoms with Gasteiger partial charge in [-0.2, -0.15) is 5.26 Å². The largest absolute Gasteiger partial charge is 0.343 e. The highest BCUT2D eigenvalue weighted by Crippen LogP contribution is 2.28. The summed E-state index contributed by atoms with van der Waals surface area (Å²) in [6, 6.07) is 20.8. The molecule has 4 nitrogen and oxygen atoms in total. The SMILES string of the molecule is N#C/C(Cc1cn(Cc2ccccc2)c2ccccc12)=C1\NC(=O)CS1. The first kappa shape index (κ1) is 16.5. The summed E-state index contributed by atoms with van der Waals surface area (Å²) < 4.78 is 2.22. The fourth-order valence-electron chi connectivity index (χ4n) is 3.23. The fourth-order valence-corrected chi connectivity index (χ4v) is 4.06. The summed E-state index contributed by atoms with van der Waals surface area (Å²) in [5.41, 5.74) is 4.10. The average molecular weight is 359 g/mol. The van der Waals surface area contributed by atoms with Crippen molar-refractivity contribution < 1.29 is 4.79 Å². The lowest BCUT2D eigenvalue weighted by Gasteiger charge is -2.05. The minimum atomic E-state index is -0.0377. The quantitative estimate of drug-likeness (QED) is 0.720. The maximum absolute atomic E-state index is 11.5. The van der Waals surface area contributed by atoms with Crippen LogP contribution in [0.25, 0.3) is 10.9 Å². The molecule has 1 aliphatic rings. The van der Waals surface area contributed by atoms with Gasteiger partial charge in [-0.15, -0.1) is 0 Å². The number of thioether (sulfide) groups is 1. The molecule has 0 aliphatic carbocycles. The van der Waals surface area contributed by atoms with Crippen molar-refractivity contribution in [2.24, 2.45) is 0 Å². The molecule has 2 heterocycles. The second-order valence-corrected chi connectivity index (χ2v) is 7.20. The highest BCUT2D eigenvalue weighted by Gasteiger charge is 2.20. The van der Waals surface area contributed by atoms with Gasteiger partial charge in [-0.05, 0) is 17.2 Å². The number of nitrogens with zero attached hydrogens (tertiary/aromatic N) is 2. The molecule has 1 fully saturated rings. The van der Waals surface area contributed by atoms with Crippen molar-refractivity contribution in [2.75, 3.05) is 5.75 Å². The number of carbonyl (C=O) groups excluding carboxylic acids is 1. The number of benzene rings is 2. The number of nitrogens with one attached hydrogen (secondary N) is 1. The van der Waals surface area contributed by atoms with E-state index in [2.05, 4.69) is 46.4 Å². The van der Waals surface area contributed by atoms with Crippen LogP contribution in [0.2, 0.25) is 0 Å². The number of amides is 1. The monoisotopic (exact) mass is 359 g/mol. The molecule has 0 spiro atoms. The second-order valence-electron chi connectivity index (χ2n) is 6.22. The Hall–Kier alpha value is -2.97. The third-order valence-electron chi connectivity index (χ3n) is 4.44. The van der Waals surface area contributed by atoms with Crippen LogP contribution in [0.5, 0.6) is 0 Å². The van der Waals surface area contributed by atoms with E-state index in [1.807, 2.05) is 30.3 Å². The van der Waals surface area contributed by atoms with Crippen LogP contribution in [-0.2, 0) is 17.8 Å². The molecule has 1 N–H and O–H groups in total. The molecule has 5 heteroatoms. The van der Waals surface area contributed by atoms with Gasteiger partial charge in [0.1, 0.15) is 0 Å². The number of hydrogen-bond acceptors (Lipinski definition) is 3. The van der Waals surface area contributed by atoms with Crippen LogP contribution in [-0.4, -0.2) is 16.2 Å². The number of fused-ring (bicyclic) bond motifs is 1. The van der Waals surface area contributed by atoms with Crippen LogP contribution in [0.1, 0.15) is 11.1 Å². The summed E-state index contributed by atoms with van der Waals surface area (Å²) in [6.45, 7) is 0.783. The summed E-state index contributed by atoms with van der Waals surface area (Å²) in [6.07, 6.45) is 2.64. The molecule has 0 atom stereocenters. The van der Waals surface area contributed by atoms with E-state index in [-0.39, 0.29) is 5.91 Å². The maximum Gasteiger partial charge on any atom is 0.235 e. The van der Waals surface area contributed by atoms with Crippen molar-refractivity contribution in [2.45, 2.75) is 13.0 Å². The Morgan fingerprint density at radius 3 is 2.65 bits per heavy atom. The molecule has 1 saturated heterocycles. The van der Waals surface area contributed by atoms with Gasteiger partial charge in [0.25, 0.3) is 0 Å². The number of nitriles is 1. The van der Waals surface area contributed by atoms with E-state index < -0.39 is 0 Å². The predicted molar refractivity (Wildman–Crippen MR) is 104 cm³/mol. The van der Waals surface area contributed by atoms with Gasteiger partial charge in [0.2, 0.25) is 5.91 Å². The number of rotatable bonds is 4. The average Bonchev–Trinajstić information content (AvgIpc) is 3.25. The zero-order chi connectivity index (χ0) is 17.9. The first-order valence-electron chi connectivity index (χ1n) is 8.41. The van der Waals surface area contributed by atoms with Gasteiger partial charge < -0.3 is 9.88 Å². The van der Waals surface area contributed by atoms with E-state index in [0.717, 1.165) is 23.0 Å². The Balaban J connectivity index is 1.72. The molecule has 0 saturated carbocycles. The molecule has 4 rings (SSSR count). The summed E-state index contributed by atoms with van der Waals surface area (Å²) in [5.74, 6) is 0.347. The van der Waals surface area contributed by atoms with Crippen molar-refractivity contribution in [1.29, 1.82) is 5.26 Å². The fraction of sp³-hybridized carbons (Fsp3) is 0.143. The minimum absolute atomic E-state index is 0.0377. The van der Waals surface area contributed by atoms with Gasteiger partial charge >= 0.3 is 0 Å². The van der Waals surface area contributed by atoms with E-state index in [0.29, 0.717) is 22.8 Å². The molecule has 26 heavy (non-hydrogen) atoms. The van der Waals surface area contributed by atoms with Crippen LogP contribution in [0, 0.1) is 11.3 Å². The third-order valence-corrected chi connectivity index (χ3v) is 5.49. The summed E-state index contributed by atoms with van der Waals surface area (Å²) in [4.78, 5) is 11.5. The molecule has 3 aromatic rings. The maximum atomic E-state index is 11.5. The van der Waals surface area contributed by atoms with Crippen LogP contribution < -0.4 is 5.32 Å². The zero-order valence-electron chi connectivity index (χ0n) is 14.1. The van der Waals surface area contributed by atoms with Crippen molar-refractivity contribution >= 4 is 28.6 Å². The lowest BCUT2D eigenvalue weighted by atomic mass is 10.1. The highest BCUT2D eigenvalue weighted by atomic mass is 32.2. The molecule has 1 aliphatic heterocycles. The number of para-hydroxylation sites is 1. The van der Waals surface area contributed by atoms with E-state index in [9.17, 15) is 10.1 Å². The minimum Gasteiger partial charge on any atom is -0.343 e. The second kappa shape index (κ2) is 7.11. The van der Waals surface area contributed by atoms with E-state index in [1.54, 1.807) is 0 Å². The van der Waals surface area contributed by atoms with Gasteiger partial charge in [0, 0.05) is 30.1 Å². The molecular formula is C21H17N3OS. The van der Waals surface area contributed by atoms with Gasteiger partial charge in [-0.1, -0.05) is 60.3 Å². The predicted octanol–water partition coefficient (Wildman–Crippen LogP) is 3.83.